The maximum atomic E-state index is 12.5. The minimum atomic E-state index is 0.0520. The zero-order valence-electron chi connectivity index (χ0n) is 18.9. The van der Waals surface area contributed by atoms with Crippen LogP contribution < -0.4 is 10.2 Å². The molecule has 0 radical (unpaired) electrons. The molecule has 1 amide bonds. The molecule has 0 atom stereocenters. The lowest BCUT2D eigenvalue weighted by Gasteiger charge is -2.33. The predicted molar refractivity (Wildman–Crippen MR) is 127 cm³/mol. The van der Waals surface area contributed by atoms with E-state index in [9.17, 15) is 4.79 Å². The summed E-state index contributed by atoms with van der Waals surface area (Å²) in [7, 11) is 1.68. The third kappa shape index (κ3) is 4.74. The number of anilines is 1. The number of ether oxygens (including phenoxy) is 1. The molecule has 0 saturated carbocycles. The zero-order valence-corrected chi connectivity index (χ0v) is 19.7. The Morgan fingerprint density at radius 1 is 1.22 bits per heavy atom. The monoisotopic (exact) mass is 455 g/mol. The van der Waals surface area contributed by atoms with Crippen molar-refractivity contribution in [3.05, 3.63) is 46.7 Å². The fraction of sp³-hybridized carbons (Fsp3) is 0.458. The number of hydrogen-bond donors (Lipinski definition) is 1. The van der Waals surface area contributed by atoms with Crippen molar-refractivity contribution in [2.45, 2.75) is 33.1 Å². The third-order valence-electron chi connectivity index (χ3n) is 6.02. The molecule has 4 rings (SSSR count). The van der Waals surface area contributed by atoms with Gasteiger partial charge in [-0.2, -0.15) is 9.61 Å². The van der Waals surface area contributed by atoms with Gasteiger partial charge in [0.2, 0.25) is 5.91 Å². The van der Waals surface area contributed by atoms with Crippen LogP contribution in [0.1, 0.15) is 30.7 Å². The van der Waals surface area contributed by atoms with Crippen LogP contribution in [0.25, 0.3) is 16.8 Å². The number of halogens is 1. The highest BCUT2D eigenvalue weighted by atomic mass is 35.5. The highest BCUT2D eigenvalue weighted by Crippen LogP contribution is 2.32. The van der Waals surface area contributed by atoms with E-state index < -0.39 is 0 Å². The lowest BCUT2D eigenvalue weighted by atomic mass is 9.96. The number of aromatic nitrogens is 3. The molecule has 2 aromatic heterocycles. The fourth-order valence-electron chi connectivity index (χ4n) is 4.35. The SMILES string of the molecule is COCCCNC(=O)C1CCN(c2cc(C)nc3c(-c4ccc(Cl)cc4)c(C)nn23)CC1. The van der Waals surface area contributed by atoms with Gasteiger partial charge in [-0.25, -0.2) is 4.98 Å². The molecule has 1 N–H and O–H groups in total. The Bertz CT molecular complexity index is 1090. The molecule has 8 heteroatoms. The van der Waals surface area contributed by atoms with Crippen molar-refractivity contribution in [1.82, 2.24) is 19.9 Å². The number of piperidine rings is 1. The van der Waals surface area contributed by atoms with Gasteiger partial charge >= 0.3 is 0 Å². The van der Waals surface area contributed by atoms with E-state index in [4.69, 9.17) is 26.4 Å². The summed E-state index contributed by atoms with van der Waals surface area (Å²) in [6, 6.07) is 9.87. The van der Waals surface area contributed by atoms with Crippen LogP contribution >= 0.6 is 11.6 Å². The number of hydrogen-bond acceptors (Lipinski definition) is 5. The molecule has 1 aromatic carbocycles. The van der Waals surface area contributed by atoms with Crippen LogP contribution in [-0.2, 0) is 9.53 Å². The molecule has 3 heterocycles. The first-order valence-electron chi connectivity index (χ1n) is 11.1. The second-order valence-electron chi connectivity index (χ2n) is 8.36. The lowest BCUT2D eigenvalue weighted by Crippen LogP contribution is -2.41. The molecule has 0 unspecified atom stereocenters. The lowest BCUT2D eigenvalue weighted by molar-refractivity contribution is -0.125. The third-order valence-corrected chi connectivity index (χ3v) is 6.27. The van der Waals surface area contributed by atoms with Crippen LogP contribution in [0.5, 0.6) is 0 Å². The largest absolute Gasteiger partial charge is 0.385 e. The highest BCUT2D eigenvalue weighted by Gasteiger charge is 2.27. The van der Waals surface area contributed by atoms with Crippen LogP contribution in [0, 0.1) is 19.8 Å². The van der Waals surface area contributed by atoms with Crippen molar-refractivity contribution >= 4 is 29.0 Å². The van der Waals surface area contributed by atoms with Crippen molar-refractivity contribution in [3.63, 3.8) is 0 Å². The van der Waals surface area contributed by atoms with Gasteiger partial charge in [-0.1, -0.05) is 23.7 Å². The standard InChI is InChI=1S/C24H30ClN5O2/c1-16-15-21(29-12-9-19(10-13-29)24(31)26-11-4-14-32-3)30-23(27-16)22(17(2)28-30)18-5-7-20(25)8-6-18/h5-8,15,19H,4,9-14H2,1-3H3,(H,26,31). The number of aryl methyl sites for hydroxylation is 2. The van der Waals surface area contributed by atoms with E-state index in [1.807, 2.05) is 42.6 Å². The maximum Gasteiger partial charge on any atom is 0.223 e. The van der Waals surface area contributed by atoms with Crippen LogP contribution in [-0.4, -0.2) is 53.9 Å². The van der Waals surface area contributed by atoms with Gasteiger partial charge in [-0.05, 0) is 50.8 Å². The normalized spacial score (nSPS) is 14.8. The van der Waals surface area contributed by atoms with E-state index in [1.54, 1.807) is 7.11 Å². The van der Waals surface area contributed by atoms with Gasteiger partial charge in [0.1, 0.15) is 5.82 Å². The second kappa shape index (κ2) is 9.88. The molecule has 0 aliphatic carbocycles. The van der Waals surface area contributed by atoms with Gasteiger partial charge in [0.25, 0.3) is 0 Å². The Hall–Kier alpha value is -2.64. The Kier molecular flexibility index (Phi) is 6.96. The van der Waals surface area contributed by atoms with E-state index in [-0.39, 0.29) is 11.8 Å². The summed E-state index contributed by atoms with van der Waals surface area (Å²) in [6.45, 7) is 6.97. The van der Waals surface area contributed by atoms with Gasteiger partial charge < -0.3 is 15.0 Å². The van der Waals surface area contributed by atoms with Gasteiger partial charge in [0, 0.05) is 61.6 Å². The molecule has 1 aliphatic heterocycles. The Balaban J connectivity index is 1.54. The van der Waals surface area contributed by atoms with Crippen LogP contribution in [0.4, 0.5) is 5.82 Å². The summed E-state index contributed by atoms with van der Waals surface area (Å²) < 4.78 is 6.99. The average molecular weight is 456 g/mol. The van der Waals surface area contributed by atoms with E-state index in [2.05, 4.69) is 16.3 Å². The van der Waals surface area contributed by atoms with Crippen LogP contribution in [0.3, 0.4) is 0 Å². The van der Waals surface area contributed by atoms with Crippen molar-refractivity contribution in [2.24, 2.45) is 5.92 Å². The van der Waals surface area contributed by atoms with Crippen molar-refractivity contribution in [1.29, 1.82) is 0 Å². The van der Waals surface area contributed by atoms with Crippen LogP contribution in [0.2, 0.25) is 5.02 Å². The first-order valence-corrected chi connectivity index (χ1v) is 11.5. The highest BCUT2D eigenvalue weighted by molar-refractivity contribution is 6.30. The summed E-state index contributed by atoms with van der Waals surface area (Å²) in [5.41, 5.74) is 4.79. The fourth-order valence-corrected chi connectivity index (χ4v) is 4.47. The Morgan fingerprint density at radius 3 is 2.62 bits per heavy atom. The van der Waals surface area contributed by atoms with Gasteiger partial charge in [-0.15, -0.1) is 0 Å². The predicted octanol–water partition coefficient (Wildman–Crippen LogP) is 4.04. The summed E-state index contributed by atoms with van der Waals surface area (Å²) >= 11 is 6.08. The molecular weight excluding hydrogens is 426 g/mol. The average Bonchev–Trinajstić information content (AvgIpc) is 3.12. The molecule has 1 aliphatic rings. The topological polar surface area (TPSA) is 71.8 Å². The number of fused-ring (bicyclic) bond motifs is 1. The minimum absolute atomic E-state index is 0.0520. The summed E-state index contributed by atoms with van der Waals surface area (Å²) in [6.07, 6.45) is 2.48. The Morgan fingerprint density at radius 2 is 1.94 bits per heavy atom. The molecule has 7 nitrogen and oxygen atoms in total. The number of amides is 1. The molecule has 1 fully saturated rings. The van der Waals surface area contributed by atoms with E-state index in [1.165, 1.54) is 0 Å². The number of nitrogens with zero attached hydrogens (tertiary/aromatic N) is 4. The minimum Gasteiger partial charge on any atom is -0.385 e. The van der Waals surface area contributed by atoms with E-state index in [0.29, 0.717) is 18.2 Å². The van der Waals surface area contributed by atoms with Gasteiger partial charge in [0.05, 0.1) is 5.69 Å². The summed E-state index contributed by atoms with van der Waals surface area (Å²) in [5.74, 6) is 1.22. The number of rotatable bonds is 7. The number of nitrogens with one attached hydrogen (secondary N) is 1. The van der Waals surface area contributed by atoms with Crippen molar-refractivity contribution in [2.75, 3.05) is 38.3 Å². The zero-order chi connectivity index (χ0) is 22.7. The maximum absolute atomic E-state index is 12.5. The molecule has 3 aromatic rings. The van der Waals surface area contributed by atoms with Crippen molar-refractivity contribution < 1.29 is 9.53 Å². The number of carbonyl (C=O) groups is 1. The van der Waals surface area contributed by atoms with E-state index in [0.717, 1.165) is 66.3 Å². The molecule has 0 spiro atoms. The van der Waals surface area contributed by atoms with E-state index >= 15 is 0 Å². The van der Waals surface area contributed by atoms with Gasteiger partial charge in [0.15, 0.2) is 5.65 Å². The summed E-state index contributed by atoms with van der Waals surface area (Å²) in [5, 5.41) is 8.57. The first kappa shape index (κ1) is 22.6. The van der Waals surface area contributed by atoms with Crippen molar-refractivity contribution in [3.8, 4) is 11.1 Å². The van der Waals surface area contributed by atoms with Crippen LogP contribution in [0.15, 0.2) is 30.3 Å². The summed E-state index contributed by atoms with van der Waals surface area (Å²) in [4.78, 5) is 19.6. The molecule has 1 saturated heterocycles. The molecule has 0 bridgehead atoms. The number of methoxy groups -OCH3 is 1. The molecule has 32 heavy (non-hydrogen) atoms. The smallest absolute Gasteiger partial charge is 0.223 e. The Labute approximate surface area is 193 Å². The molecular formula is C24H30ClN5O2. The first-order chi connectivity index (χ1) is 15.5. The second-order valence-corrected chi connectivity index (χ2v) is 8.79. The quantitative estimate of drug-likeness (QED) is 0.544. The molecule has 170 valence electrons. The van der Waals surface area contributed by atoms with Gasteiger partial charge in [-0.3, -0.25) is 4.79 Å². The number of carbonyl (C=O) groups excluding carboxylic acids is 1. The number of benzene rings is 1.